The maximum absolute atomic E-state index is 12.6. The molecule has 0 saturated heterocycles. The summed E-state index contributed by atoms with van der Waals surface area (Å²) in [6, 6.07) is 4.78. The van der Waals surface area contributed by atoms with Gasteiger partial charge < -0.3 is 9.30 Å². The van der Waals surface area contributed by atoms with Crippen LogP contribution in [0.1, 0.15) is 5.82 Å². The number of benzene rings is 1. The Morgan fingerprint density at radius 1 is 1.31 bits per heavy atom. The van der Waals surface area contributed by atoms with Gasteiger partial charge in [0, 0.05) is 7.05 Å². The summed E-state index contributed by atoms with van der Waals surface area (Å²) in [5.41, 5.74) is 0.617. The van der Waals surface area contributed by atoms with Crippen molar-refractivity contribution in [1.82, 2.24) is 9.55 Å². The highest BCUT2D eigenvalue weighted by molar-refractivity contribution is 5.82. The van der Waals surface area contributed by atoms with Gasteiger partial charge in [0.05, 0.1) is 12.6 Å². The van der Waals surface area contributed by atoms with Gasteiger partial charge >= 0.3 is 6.18 Å². The Kier molecular flexibility index (Phi) is 2.29. The molecule has 3 nitrogen and oxygen atoms in total. The zero-order valence-electron chi connectivity index (χ0n) is 8.67. The van der Waals surface area contributed by atoms with Gasteiger partial charge in [-0.15, -0.1) is 0 Å². The maximum atomic E-state index is 12.6. The average Bonchev–Trinajstić information content (AvgIpc) is 2.56. The van der Waals surface area contributed by atoms with E-state index in [1.54, 1.807) is 18.2 Å². The minimum Gasteiger partial charge on any atom is -0.494 e. The molecule has 1 aromatic heterocycles. The zero-order valence-corrected chi connectivity index (χ0v) is 8.67. The predicted molar refractivity (Wildman–Crippen MR) is 52.3 cm³/mol. The molecule has 0 aliphatic heterocycles. The third-order valence-electron chi connectivity index (χ3n) is 2.35. The van der Waals surface area contributed by atoms with Crippen molar-refractivity contribution < 1.29 is 17.9 Å². The number of fused-ring (bicyclic) bond motifs is 1. The lowest BCUT2D eigenvalue weighted by molar-refractivity contribution is -0.146. The molecule has 0 aliphatic rings. The smallest absolute Gasteiger partial charge is 0.449 e. The van der Waals surface area contributed by atoms with Crippen LogP contribution in [0.3, 0.4) is 0 Å². The SMILES string of the molecule is COc1cccc2c1nc(C(F)(F)F)n2C. The standard InChI is InChI=1S/C10H9F3N2O/c1-15-6-4-3-5-7(16-2)8(6)14-9(15)10(11,12)13/h3-5H,1-2H3. The Balaban J connectivity index is 2.77. The molecule has 0 bridgehead atoms. The fourth-order valence-corrected chi connectivity index (χ4v) is 1.61. The van der Waals surface area contributed by atoms with E-state index in [1.807, 2.05) is 0 Å². The van der Waals surface area contributed by atoms with Crippen LogP contribution in [0.15, 0.2) is 18.2 Å². The molecule has 0 N–H and O–H groups in total. The largest absolute Gasteiger partial charge is 0.494 e. The van der Waals surface area contributed by atoms with E-state index in [-0.39, 0.29) is 5.52 Å². The number of hydrogen-bond donors (Lipinski definition) is 0. The highest BCUT2D eigenvalue weighted by Gasteiger charge is 2.37. The third kappa shape index (κ3) is 1.50. The fraction of sp³-hybridized carbons (Fsp3) is 0.300. The number of hydrogen-bond acceptors (Lipinski definition) is 2. The van der Waals surface area contributed by atoms with Gasteiger partial charge in [0.1, 0.15) is 11.3 Å². The van der Waals surface area contributed by atoms with Crippen molar-refractivity contribution in [1.29, 1.82) is 0 Å². The second-order valence-corrected chi connectivity index (χ2v) is 3.32. The summed E-state index contributed by atoms with van der Waals surface area (Å²) in [6.07, 6.45) is -4.46. The van der Waals surface area contributed by atoms with Crippen molar-refractivity contribution in [3.8, 4) is 5.75 Å². The molecule has 0 amide bonds. The van der Waals surface area contributed by atoms with Crippen LogP contribution >= 0.6 is 0 Å². The van der Waals surface area contributed by atoms with Crippen molar-refractivity contribution in [2.45, 2.75) is 6.18 Å². The Morgan fingerprint density at radius 2 is 2.00 bits per heavy atom. The van der Waals surface area contributed by atoms with Gasteiger partial charge in [-0.05, 0) is 12.1 Å². The molecule has 0 atom stereocenters. The van der Waals surface area contributed by atoms with Crippen LogP contribution in [0.25, 0.3) is 11.0 Å². The van der Waals surface area contributed by atoms with Gasteiger partial charge in [-0.2, -0.15) is 13.2 Å². The van der Waals surface area contributed by atoms with Crippen molar-refractivity contribution in [2.75, 3.05) is 7.11 Å². The first-order chi connectivity index (χ1) is 7.45. The van der Waals surface area contributed by atoms with Crippen LogP contribution in [0.2, 0.25) is 0 Å². The number of methoxy groups -OCH3 is 1. The molecule has 0 aliphatic carbocycles. The Bertz CT molecular complexity index is 531. The summed E-state index contributed by atoms with van der Waals surface area (Å²) in [5.74, 6) is -0.587. The summed E-state index contributed by atoms with van der Waals surface area (Å²) in [6.45, 7) is 0. The summed E-state index contributed by atoms with van der Waals surface area (Å²) < 4.78 is 43.8. The maximum Gasteiger partial charge on any atom is 0.449 e. The normalized spacial score (nSPS) is 12.1. The molecule has 0 fully saturated rings. The Hall–Kier alpha value is -1.72. The van der Waals surface area contributed by atoms with E-state index >= 15 is 0 Å². The molecule has 6 heteroatoms. The van der Waals surface area contributed by atoms with Gasteiger partial charge in [-0.25, -0.2) is 4.98 Å². The van der Waals surface area contributed by atoms with Crippen molar-refractivity contribution in [3.63, 3.8) is 0 Å². The quantitative estimate of drug-likeness (QED) is 0.752. The molecular formula is C10H9F3N2O. The number of halogens is 3. The molecule has 0 unspecified atom stereocenters. The number of aryl methyl sites for hydroxylation is 1. The van der Waals surface area contributed by atoms with Crippen LogP contribution in [0.4, 0.5) is 13.2 Å². The van der Waals surface area contributed by atoms with Crippen LogP contribution in [0.5, 0.6) is 5.75 Å². The lowest BCUT2D eigenvalue weighted by Crippen LogP contribution is -2.12. The second-order valence-electron chi connectivity index (χ2n) is 3.32. The first-order valence-corrected chi connectivity index (χ1v) is 4.51. The highest BCUT2D eigenvalue weighted by Crippen LogP contribution is 2.33. The summed E-state index contributed by atoms with van der Waals surface area (Å²) in [7, 11) is 2.73. The van der Waals surface area contributed by atoms with Gasteiger partial charge in [0.25, 0.3) is 0 Å². The van der Waals surface area contributed by atoms with E-state index in [1.165, 1.54) is 14.2 Å². The Labute approximate surface area is 89.5 Å². The summed E-state index contributed by atoms with van der Waals surface area (Å²) in [4.78, 5) is 3.57. The van der Waals surface area contributed by atoms with E-state index in [0.717, 1.165) is 4.57 Å². The monoisotopic (exact) mass is 230 g/mol. The molecule has 16 heavy (non-hydrogen) atoms. The molecule has 0 radical (unpaired) electrons. The number of ether oxygens (including phenoxy) is 1. The molecule has 0 saturated carbocycles. The average molecular weight is 230 g/mol. The van der Waals surface area contributed by atoms with Crippen LogP contribution < -0.4 is 4.74 Å². The lowest BCUT2D eigenvalue weighted by Gasteiger charge is -2.05. The van der Waals surface area contributed by atoms with E-state index in [0.29, 0.717) is 11.3 Å². The zero-order chi connectivity index (χ0) is 11.9. The topological polar surface area (TPSA) is 27.1 Å². The molecule has 2 aromatic rings. The minimum absolute atomic E-state index is 0.222. The van der Waals surface area contributed by atoms with Gasteiger partial charge in [-0.1, -0.05) is 6.07 Å². The molecule has 1 aromatic carbocycles. The minimum atomic E-state index is -4.46. The van der Waals surface area contributed by atoms with E-state index in [2.05, 4.69) is 4.98 Å². The van der Waals surface area contributed by atoms with Gasteiger partial charge in [0.2, 0.25) is 5.82 Å². The lowest BCUT2D eigenvalue weighted by atomic mass is 10.3. The molecule has 86 valence electrons. The molecule has 0 spiro atoms. The van der Waals surface area contributed by atoms with Crippen molar-refractivity contribution in [2.24, 2.45) is 7.05 Å². The molecular weight excluding hydrogens is 221 g/mol. The first-order valence-electron chi connectivity index (χ1n) is 4.51. The van der Waals surface area contributed by atoms with Crippen molar-refractivity contribution in [3.05, 3.63) is 24.0 Å². The summed E-state index contributed by atoms with van der Waals surface area (Å²) in [5, 5.41) is 0. The highest BCUT2D eigenvalue weighted by atomic mass is 19.4. The van der Waals surface area contributed by atoms with Crippen LogP contribution in [-0.4, -0.2) is 16.7 Å². The number of imidazole rings is 1. The number of alkyl halides is 3. The number of para-hydroxylation sites is 1. The van der Waals surface area contributed by atoms with Crippen molar-refractivity contribution >= 4 is 11.0 Å². The van der Waals surface area contributed by atoms with Crippen LogP contribution in [-0.2, 0) is 13.2 Å². The second kappa shape index (κ2) is 3.40. The third-order valence-corrected chi connectivity index (χ3v) is 2.35. The first kappa shape index (κ1) is 10.8. The fourth-order valence-electron chi connectivity index (χ4n) is 1.61. The van der Waals surface area contributed by atoms with Crippen LogP contribution in [0, 0.1) is 0 Å². The van der Waals surface area contributed by atoms with Gasteiger partial charge in [-0.3, -0.25) is 0 Å². The predicted octanol–water partition coefficient (Wildman–Crippen LogP) is 2.60. The Morgan fingerprint density at radius 3 is 2.56 bits per heavy atom. The molecule has 2 rings (SSSR count). The van der Waals surface area contributed by atoms with E-state index < -0.39 is 12.0 Å². The summed E-state index contributed by atoms with van der Waals surface area (Å²) >= 11 is 0. The number of rotatable bonds is 1. The number of nitrogens with zero attached hydrogens (tertiary/aromatic N) is 2. The number of aromatic nitrogens is 2. The van der Waals surface area contributed by atoms with E-state index in [4.69, 9.17) is 4.74 Å². The van der Waals surface area contributed by atoms with Gasteiger partial charge in [0.15, 0.2) is 0 Å². The molecule has 1 heterocycles. The van der Waals surface area contributed by atoms with E-state index in [9.17, 15) is 13.2 Å².